The quantitative estimate of drug-likeness (QED) is 0.742. The van der Waals surface area contributed by atoms with Crippen LogP contribution in [0, 0.1) is 5.92 Å². The van der Waals surface area contributed by atoms with Crippen molar-refractivity contribution in [3.8, 4) is 0 Å². The predicted molar refractivity (Wildman–Crippen MR) is 101 cm³/mol. The summed E-state index contributed by atoms with van der Waals surface area (Å²) in [5.74, 6) is 0.892. The van der Waals surface area contributed by atoms with Crippen molar-refractivity contribution >= 4 is 27.4 Å². The third-order valence-electron chi connectivity index (χ3n) is 5.05. The van der Waals surface area contributed by atoms with E-state index >= 15 is 0 Å². The summed E-state index contributed by atoms with van der Waals surface area (Å²) in [6.45, 7) is 1.58. The van der Waals surface area contributed by atoms with Gasteiger partial charge in [0.25, 0.3) is 0 Å². The van der Waals surface area contributed by atoms with Crippen molar-refractivity contribution < 1.29 is 4.79 Å². The molecule has 0 radical (unpaired) electrons. The molecule has 2 aliphatic rings. The maximum atomic E-state index is 12.8. The van der Waals surface area contributed by atoms with Crippen LogP contribution in [0.1, 0.15) is 29.9 Å². The fourth-order valence-corrected chi connectivity index (χ4v) is 4.01. The molecular weight excluding hydrogens is 362 g/mol. The zero-order chi connectivity index (χ0) is 16.5. The number of hydrogen-bond donors (Lipinski definition) is 0. The first-order valence-electron chi connectivity index (χ1n) is 8.51. The highest BCUT2D eigenvalue weighted by Crippen LogP contribution is 2.49. The van der Waals surface area contributed by atoms with Gasteiger partial charge in [0.05, 0.1) is 0 Å². The van der Waals surface area contributed by atoms with E-state index in [1.54, 1.807) is 0 Å². The molecule has 1 amide bonds. The molecule has 1 heterocycles. The van der Waals surface area contributed by atoms with E-state index in [1.807, 2.05) is 17.0 Å². The largest absolute Gasteiger partial charge is 0.338 e. The number of nitrogens with zero attached hydrogens (tertiary/aromatic N) is 1. The summed E-state index contributed by atoms with van der Waals surface area (Å²) in [4.78, 5) is 14.8. The van der Waals surface area contributed by atoms with Gasteiger partial charge in [-0.3, -0.25) is 4.79 Å². The number of rotatable bonds is 3. The van der Waals surface area contributed by atoms with Crippen LogP contribution in [0.4, 0.5) is 0 Å². The Morgan fingerprint density at radius 1 is 1.08 bits per heavy atom. The zero-order valence-corrected chi connectivity index (χ0v) is 15.1. The van der Waals surface area contributed by atoms with Crippen LogP contribution in [0.25, 0.3) is 5.57 Å². The fourth-order valence-electron chi connectivity index (χ4n) is 3.59. The molecule has 1 aliphatic carbocycles. The summed E-state index contributed by atoms with van der Waals surface area (Å²) in [6.07, 6.45) is 4.15. The van der Waals surface area contributed by atoms with E-state index in [0.29, 0.717) is 11.8 Å². The number of carbonyl (C=O) groups excluding carboxylic acids is 1. The van der Waals surface area contributed by atoms with Crippen LogP contribution in [0.15, 0.2) is 65.1 Å². The van der Waals surface area contributed by atoms with E-state index in [9.17, 15) is 4.79 Å². The molecule has 24 heavy (non-hydrogen) atoms. The molecule has 1 aliphatic heterocycles. The van der Waals surface area contributed by atoms with Gasteiger partial charge in [0.1, 0.15) is 0 Å². The summed E-state index contributed by atoms with van der Waals surface area (Å²) in [6, 6.07) is 18.8. The normalized spacial score (nSPS) is 22.9. The molecule has 0 spiro atoms. The van der Waals surface area contributed by atoms with Gasteiger partial charge in [-0.2, -0.15) is 0 Å². The molecule has 1 fully saturated rings. The Morgan fingerprint density at radius 2 is 1.92 bits per heavy atom. The van der Waals surface area contributed by atoms with E-state index in [2.05, 4.69) is 64.5 Å². The smallest absolute Gasteiger partial charge is 0.226 e. The second-order valence-electron chi connectivity index (χ2n) is 6.63. The Hall–Kier alpha value is -1.87. The van der Waals surface area contributed by atoms with Crippen LogP contribution < -0.4 is 0 Å². The lowest BCUT2D eigenvalue weighted by Crippen LogP contribution is -2.36. The highest BCUT2D eigenvalue weighted by molar-refractivity contribution is 9.10. The standard InChI is InChI=1S/C21H20BrNO/c22-18-8-4-7-17(13-18)19-14-20(19)21(24)23-11-9-16(10-12-23)15-5-2-1-3-6-15/h1-9,13,19-20H,10-12,14H2. The second-order valence-corrected chi connectivity index (χ2v) is 7.55. The summed E-state index contributed by atoms with van der Waals surface area (Å²) >= 11 is 3.52. The van der Waals surface area contributed by atoms with Crippen molar-refractivity contribution in [1.29, 1.82) is 0 Å². The molecule has 1 saturated carbocycles. The summed E-state index contributed by atoms with van der Waals surface area (Å²) in [5.41, 5.74) is 3.92. The molecule has 3 heteroatoms. The molecule has 2 atom stereocenters. The van der Waals surface area contributed by atoms with Crippen molar-refractivity contribution in [2.24, 2.45) is 5.92 Å². The second kappa shape index (κ2) is 6.56. The Balaban J connectivity index is 1.40. The number of amides is 1. The van der Waals surface area contributed by atoms with Gasteiger partial charge in [0, 0.05) is 23.5 Å². The van der Waals surface area contributed by atoms with Gasteiger partial charge < -0.3 is 4.90 Å². The minimum absolute atomic E-state index is 0.172. The van der Waals surface area contributed by atoms with E-state index in [4.69, 9.17) is 0 Å². The minimum atomic E-state index is 0.172. The molecule has 122 valence electrons. The molecule has 0 aromatic heterocycles. The van der Waals surface area contributed by atoms with Gasteiger partial charge in [0.15, 0.2) is 0 Å². The fraction of sp³-hybridized carbons (Fsp3) is 0.286. The number of carbonyl (C=O) groups is 1. The molecule has 2 aromatic carbocycles. The maximum Gasteiger partial charge on any atom is 0.226 e. The van der Waals surface area contributed by atoms with E-state index in [0.717, 1.165) is 30.4 Å². The van der Waals surface area contributed by atoms with Crippen LogP contribution in [-0.2, 0) is 4.79 Å². The van der Waals surface area contributed by atoms with E-state index in [-0.39, 0.29) is 5.92 Å². The van der Waals surface area contributed by atoms with Crippen LogP contribution in [0.2, 0.25) is 0 Å². The van der Waals surface area contributed by atoms with Crippen molar-refractivity contribution in [1.82, 2.24) is 4.90 Å². The molecule has 0 saturated heterocycles. The van der Waals surface area contributed by atoms with Crippen LogP contribution >= 0.6 is 15.9 Å². The van der Waals surface area contributed by atoms with Crippen LogP contribution in [0.3, 0.4) is 0 Å². The van der Waals surface area contributed by atoms with Crippen LogP contribution in [-0.4, -0.2) is 23.9 Å². The van der Waals surface area contributed by atoms with Crippen molar-refractivity contribution in [3.05, 3.63) is 76.3 Å². The van der Waals surface area contributed by atoms with Gasteiger partial charge >= 0.3 is 0 Å². The molecule has 2 nitrogen and oxygen atoms in total. The number of hydrogen-bond acceptors (Lipinski definition) is 1. The first-order valence-corrected chi connectivity index (χ1v) is 9.30. The third-order valence-corrected chi connectivity index (χ3v) is 5.54. The van der Waals surface area contributed by atoms with Gasteiger partial charge in [-0.1, -0.05) is 64.5 Å². The summed E-state index contributed by atoms with van der Waals surface area (Å²) < 4.78 is 1.09. The molecule has 0 N–H and O–H groups in total. The Labute approximate surface area is 151 Å². The molecular formula is C21H20BrNO. The lowest BCUT2D eigenvalue weighted by molar-refractivity contribution is -0.132. The SMILES string of the molecule is O=C(C1CC1c1cccc(Br)c1)N1CC=C(c2ccccc2)CC1. The monoisotopic (exact) mass is 381 g/mol. The van der Waals surface area contributed by atoms with Gasteiger partial charge in [-0.15, -0.1) is 0 Å². The summed E-state index contributed by atoms with van der Waals surface area (Å²) in [7, 11) is 0. The number of benzene rings is 2. The highest BCUT2D eigenvalue weighted by Gasteiger charge is 2.45. The van der Waals surface area contributed by atoms with Gasteiger partial charge in [0.2, 0.25) is 5.91 Å². The van der Waals surface area contributed by atoms with Crippen LogP contribution in [0.5, 0.6) is 0 Å². The van der Waals surface area contributed by atoms with Crippen molar-refractivity contribution in [2.45, 2.75) is 18.8 Å². The topological polar surface area (TPSA) is 20.3 Å². The van der Waals surface area contributed by atoms with Crippen molar-refractivity contribution in [3.63, 3.8) is 0 Å². The van der Waals surface area contributed by atoms with E-state index < -0.39 is 0 Å². The molecule has 4 rings (SSSR count). The first kappa shape index (κ1) is 15.6. The Morgan fingerprint density at radius 3 is 2.62 bits per heavy atom. The van der Waals surface area contributed by atoms with Gasteiger partial charge in [-0.05, 0) is 47.6 Å². The molecule has 2 aromatic rings. The van der Waals surface area contributed by atoms with E-state index in [1.165, 1.54) is 16.7 Å². The lowest BCUT2D eigenvalue weighted by atomic mass is 9.99. The average molecular weight is 382 g/mol. The first-order chi connectivity index (χ1) is 11.7. The predicted octanol–water partition coefficient (Wildman–Crippen LogP) is 4.87. The minimum Gasteiger partial charge on any atom is -0.338 e. The van der Waals surface area contributed by atoms with Crippen molar-refractivity contribution in [2.75, 3.05) is 13.1 Å². The van der Waals surface area contributed by atoms with Gasteiger partial charge in [-0.25, -0.2) is 0 Å². The maximum absolute atomic E-state index is 12.8. The number of halogens is 1. The summed E-state index contributed by atoms with van der Waals surface area (Å²) in [5, 5.41) is 0. The lowest BCUT2D eigenvalue weighted by Gasteiger charge is -2.27. The Kier molecular flexibility index (Phi) is 4.28. The Bertz CT molecular complexity index is 783. The third kappa shape index (κ3) is 3.18. The molecule has 0 bridgehead atoms. The zero-order valence-electron chi connectivity index (χ0n) is 13.5. The highest BCUT2D eigenvalue weighted by atomic mass is 79.9. The average Bonchev–Trinajstić information content (AvgIpc) is 3.43. The molecule has 2 unspecified atom stereocenters.